The largest absolute Gasteiger partial charge is 0.493 e. The Morgan fingerprint density at radius 1 is 1.36 bits per heavy atom. The van der Waals surface area contributed by atoms with Crippen LogP contribution in [0.4, 0.5) is 0 Å². The number of nitrogens with zero attached hydrogens (tertiary/aromatic N) is 4. The first-order valence-corrected chi connectivity index (χ1v) is 8.92. The van der Waals surface area contributed by atoms with Gasteiger partial charge in [-0.1, -0.05) is 17.8 Å². The minimum Gasteiger partial charge on any atom is -0.493 e. The number of hydrogen-bond donors (Lipinski definition) is 1. The van der Waals surface area contributed by atoms with Crippen LogP contribution in [-0.4, -0.2) is 51.7 Å². The summed E-state index contributed by atoms with van der Waals surface area (Å²) in [7, 11) is 1.60. The van der Waals surface area contributed by atoms with Crippen LogP contribution >= 0.6 is 11.8 Å². The molecule has 0 aliphatic heterocycles. The van der Waals surface area contributed by atoms with Gasteiger partial charge in [0.1, 0.15) is 6.33 Å². The molecule has 0 atom stereocenters. The molecule has 0 bridgehead atoms. The van der Waals surface area contributed by atoms with Crippen molar-refractivity contribution in [3.05, 3.63) is 30.1 Å². The van der Waals surface area contributed by atoms with Gasteiger partial charge in [-0.25, -0.2) is 4.68 Å². The highest BCUT2D eigenvalue weighted by molar-refractivity contribution is 7.99. The van der Waals surface area contributed by atoms with E-state index in [-0.39, 0.29) is 11.7 Å². The van der Waals surface area contributed by atoms with Crippen molar-refractivity contribution in [3.63, 3.8) is 0 Å². The molecule has 0 aliphatic carbocycles. The molecule has 1 aromatic carbocycles. The summed E-state index contributed by atoms with van der Waals surface area (Å²) < 4.78 is 12.2. The second-order valence-electron chi connectivity index (χ2n) is 5.14. The molecule has 0 radical (unpaired) electrons. The van der Waals surface area contributed by atoms with Crippen LogP contribution in [0.15, 0.2) is 29.7 Å². The number of benzene rings is 1. The lowest BCUT2D eigenvalue weighted by Gasteiger charge is -2.21. The number of nitrogens with two attached hydrogens (primary N) is 1. The number of methoxy groups -OCH3 is 1. The number of hydrogen-bond acceptors (Lipinski definition) is 7. The van der Waals surface area contributed by atoms with E-state index in [4.69, 9.17) is 15.3 Å². The van der Waals surface area contributed by atoms with E-state index in [0.29, 0.717) is 36.4 Å². The monoisotopic (exact) mass is 365 g/mol. The van der Waals surface area contributed by atoms with Gasteiger partial charge in [-0.05, 0) is 31.5 Å². The van der Waals surface area contributed by atoms with E-state index < -0.39 is 0 Å². The van der Waals surface area contributed by atoms with Crippen molar-refractivity contribution in [2.45, 2.75) is 25.5 Å². The number of thioether (sulfide) groups is 1. The summed E-state index contributed by atoms with van der Waals surface area (Å²) >= 11 is 1.26. The van der Waals surface area contributed by atoms with Crippen molar-refractivity contribution in [2.75, 3.05) is 31.9 Å². The molecule has 2 aromatic rings. The van der Waals surface area contributed by atoms with Crippen LogP contribution in [-0.2, 0) is 11.3 Å². The first kappa shape index (κ1) is 18.9. The van der Waals surface area contributed by atoms with Gasteiger partial charge in [0.25, 0.3) is 0 Å². The highest BCUT2D eigenvalue weighted by Crippen LogP contribution is 2.28. The van der Waals surface area contributed by atoms with E-state index in [1.807, 2.05) is 32.0 Å². The van der Waals surface area contributed by atoms with Crippen LogP contribution in [0.5, 0.6) is 11.5 Å². The molecule has 1 amide bonds. The van der Waals surface area contributed by atoms with Crippen LogP contribution in [0.2, 0.25) is 0 Å². The van der Waals surface area contributed by atoms with Gasteiger partial charge in [0.15, 0.2) is 11.5 Å². The van der Waals surface area contributed by atoms with Crippen LogP contribution in [0.1, 0.15) is 19.4 Å². The lowest BCUT2D eigenvalue weighted by atomic mass is 10.2. The second-order valence-corrected chi connectivity index (χ2v) is 6.08. The van der Waals surface area contributed by atoms with Gasteiger partial charge in [-0.2, -0.15) is 0 Å². The van der Waals surface area contributed by atoms with Crippen LogP contribution in [0, 0.1) is 0 Å². The van der Waals surface area contributed by atoms with E-state index >= 15 is 0 Å². The summed E-state index contributed by atoms with van der Waals surface area (Å²) in [5.41, 5.74) is 0.975. The second kappa shape index (κ2) is 9.16. The fourth-order valence-electron chi connectivity index (χ4n) is 2.23. The zero-order chi connectivity index (χ0) is 18.2. The molecule has 0 saturated heterocycles. The normalized spacial score (nSPS) is 10.5. The number of ether oxygens (including phenoxy) is 2. The van der Waals surface area contributed by atoms with Crippen LogP contribution in [0.25, 0.3) is 0 Å². The number of aromatic nitrogens is 3. The van der Waals surface area contributed by atoms with E-state index in [1.54, 1.807) is 12.0 Å². The number of rotatable bonds is 9. The SMILES string of the molecule is CCOc1ccc(CN(CC)C(=O)CSc2nncn2N)cc1OC. The third-order valence-corrected chi connectivity index (χ3v) is 4.44. The average Bonchev–Trinajstić information content (AvgIpc) is 3.03. The Morgan fingerprint density at radius 2 is 2.16 bits per heavy atom. The molecule has 25 heavy (non-hydrogen) atoms. The fourth-order valence-corrected chi connectivity index (χ4v) is 2.97. The molecule has 0 unspecified atom stereocenters. The van der Waals surface area contributed by atoms with Crippen molar-refractivity contribution in [1.82, 2.24) is 19.8 Å². The van der Waals surface area contributed by atoms with E-state index in [9.17, 15) is 4.79 Å². The highest BCUT2D eigenvalue weighted by atomic mass is 32.2. The third kappa shape index (κ3) is 5.02. The molecule has 0 aliphatic rings. The Hall–Kier alpha value is -2.42. The van der Waals surface area contributed by atoms with Crippen LogP contribution < -0.4 is 15.3 Å². The molecule has 136 valence electrons. The first-order valence-electron chi connectivity index (χ1n) is 7.94. The van der Waals surface area contributed by atoms with Crippen molar-refractivity contribution in [2.24, 2.45) is 0 Å². The molecule has 2 rings (SSSR count). The Labute approximate surface area is 151 Å². The van der Waals surface area contributed by atoms with Gasteiger partial charge in [0.2, 0.25) is 11.1 Å². The van der Waals surface area contributed by atoms with Gasteiger partial charge in [0, 0.05) is 13.1 Å². The summed E-state index contributed by atoms with van der Waals surface area (Å²) in [4.78, 5) is 14.2. The minimum atomic E-state index is 0.00310. The van der Waals surface area contributed by atoms with Gasteiger partial charge >= 0.3 is 0 Å². The molecule has 8 nitrogen and oxygen atoms in total. The zero-order valence-corrected chi connectivity index (χ0v) is 15.5. The fraction of sp³-hybridized carbons (Fsp3) is 0.438. The molecule has 0 saturated carbocycles. The Morgan fingerprint density at radius 3 is 2.76 bits per heavy atom. The van der Waals surface area contributed by atoms with Crippen molar-refractivity contribution < 1.29 is 14.3 Å². The number of carbonyl (C=O) groups is 1. The minimum absolute atomic E-state index is 0.00310. The number of amides is 1. The molecule has 2 N–H and O–H groups in total. The molecular weight excluding hydrogens is 342 g/mol. The average molecular weight is 365 g/mol. The summed E-state index contributed by atoms with van der Waals surface area (Å²) in [6.07, 6.45) is 1.40. The summed E-state index contributed by atoms with van der Waals surface area (Å²) in [5, 5.41) is 8.05. The molecule has 1 heterocycles. The zero-order valence-electron chi connectivity index (χ0n) is 14.6. The number of nitrogen functional groups attached to an aromatic ring is 1. The van der Waals surface area contributed by atoms with E-state index in [1.165, 1.54) is 22.8 Å². The molecule has 1 aromatic heterocycles. The summed E-state index contributed by atoms with van der Waals surface area (Å²) in [6, 6.07) is 5.69. The summed E-state index contributed by atoms with van der Waals surface area (Å²) in [6.45, 7) is 5.53. The van der Waals surface area contributed by atoms with E-state index in [2.05, 4.69) is 10.2 Å². The van der Waals surface area contributed by atoms with Crippen molar-refractivity contribution in [1.29, 1.82) is 0 Å². The number of carbonyl (C=O) groups excluding carboxylic acids is 1. The predicted molar refractivity (Wildman–Crippen MR) is 96.2 cm³/mol. The van der Waals surface area contributed by atoms with Gasteiger partial charge in [0.05, 0.1) is 19.5 Å². The summed E-state index contributed by atoms with van der Waals surface area (Å²) in [5.74, 6) is 7.26. The lowest BCUT2D eigenvalue weighted by Crippen LogP contribution is -2.31. The maximum absolute atomic E-state index is 12.5. The van der Waals surface area contributed by atoms with Crippen molar-refractivity contribution >= 4 is 17.7 Å². The maximum Gasteiger partial charge on any atom is 0.233 e. The topological polar surface area (TPSA) is 95.5 Å². The standard InChI is InChI=1S/C16H23N5O3S/c1-4-20(15(22)10-25-16-19-18-11-21(16)17)9-12-6-7-13(24-5-2)14(8-12)23-3/h6-8,11H,4-5,9-10,17H2,1-3H3. The maximum atomic E-state index is 12.5. The first-order chi connectivity index (χ1) is 12.1. The van der Waals surface area contributed by atoms with Gasteiger partial charge in [-0.3, -0.25) is 4.79 Å². The van der Waals surface area contributed by atoms with Crippen LogP contribution in [0.3, 0.4) is 0 Å². The molecule has 0 fully saturated rings. The van der Waals surface area contributed by atoms with Gasteiger partial charge in [-0.15, -0.1) is 10.2 Å². The molecular formula is C16H23N5O3S. The quantitative estimate of drug-likeness (QED) is 0.532. The van der Waals surface area contributed by atoms with E-state index in [0.717, 1.165) is 5.56 Å². The molecule has 9 heteroatoms. The lowest BCUT2D eigenvalue weighted by molar-refractivity contribution is -0.128. The Balaban J connectivity index is 2.00. The van der Waals surface area contributed by atoms with Crippen molar-refractivity contribution in [3.8, 4) is 11.5 Å². The predicted octanol–water partition coefficient (Wildman–Crippen LogP) is 1.54. The highest BCUT2D eigenvalue weighted by Gasteiger charge is 2.15. The van der Waals surface area contributed by atoms with Gasteiger partial charge < -0.3 is 20.2 Å². The molecule has 0 spiro atoms. The third-order valence-electron chi connectivity index (χ3n) is 3.50. The Bertz CT molecular complexity index is 707. The Kier molecular flexibility index (Phi) is 6.93. The smallest absolute Gasteiger partial charge is 0.233 e.